The summed E-state index contributed by atoms with van der Waals surface area (Å²) in [6.07, 6.45) is -0.512. The minimum atomic E-state index is -0.512. The van der Waals surface area contributed by atoms with Crippen LogP contribution in [0, 0.1) is 0 Å². The molecule has 1 aliphatic rings. The van der Waals surface area contributed by atoms with Gasteiger partial charge in [-0.05, 0) is 35.9 Å². The predicted molar refractivity (Wildman–Crippen MR) is 85.5 cm³/mol. The molecule has 4 nitrogen and oxygen atoms in total. The largest absolute Gasteiger partial charge is 0.497 e. The van der Waals surface area contributed by atoms with Gasteiger partial charge in [0.2, 0.25) is 0 Å². The molecule has 114 valence electrons. The number of anilines is 1. The normalized spacial score (nSPS) is 20.7. The molecule has 5 heteroatoms. The van der Waals surface area contributed by atoms with Gasteiger partial charge >= 0.3 is 0 Å². The summed E-state index contributed by atoms with van der Waals surface area (Å²) in [5.74, 6) is 0.673. The number of nitrogens with zero attached hydrogens (tertiary/aromatic N) is 1. The fraction of sp³-hybridized carbons (Fsp3) is 0.235. The summed E-state index contributed by atoms with van der Waals surface area (Å²) in [6.45, 7) is 0. The maximum atomic E-state index is 12.4. The summed E-state index contributed by atoms with van der Waals surface area (Å²) >= 11 is 6.29. The molecule has 1 fully saturated rings. The second-order valence-electron chi connectivity index (χ2n) is 5.03. The Labute approximate surface area is 134 Å². The molecule has 0 radical (unpaired) electrons. The third kappa shape index (κ3) is 2.34. The molecule has 0 aliphatic carbocycles. The number of benzene rings is 2. The number of rotatable bonds is 4. The van der Waals surface area contributed by atoms with E-state index in [9.17, 15) is 4.79 Å². The van der Waals surface area contributed by atoms with E-state index in [0.717, 1.165) is 17.0 Å². The predicted octanol–water partition coefficient (Wildman–Crippen LogP) is 3.45. The second kappa shape index (κ2) is 5.99. The topological polar surface area (TPSA) is 38.8 Å². The van der Waals surface area contributed by atoms with Crippen LogP contribution in [0.4, 0.5) is 5.69 Å². The van der Waals surface area contributed by atoms with Crippen molar-refractivity contribution >= 4 is 23.2 Å². The van der Waals surface area contributed by atoms with E-state index in [0.29, 0.717) is 5.02 Å². The lowest BCUT2D eigenvalue weighted by molar-refractivity contribution is -0.139. The molecule has 0 aromatic heterocycles. The Bertz CT molecular complexity index is 687. The average Bonchev–Trinajstić information content (AvgIpc) is 2.54. The van der Waals surface area contributed by atoms with E-state index < -0.39 is 6.10 Å². The molecule has 1 heterocycles. The van der Waals surface area contributed by atoms with Crippen molar-refractivity contribution in [2.75, 3.05) is 19.1 Å². The third-order valence-corrected chi connectivity index (χ3v) is 4.22. The van der Waals surface area contributed by atoms with Crippen molar-refractivity contribution in [1.82, 2.24) is 0 Å². The first-order chi connectivity index (χ1) is 10.7. The van der Waals surface area contributed by atoms with Gasteiger partial charge in [0.1, 0.15) is 5.75 Å². The molecule has 1 amide bonds. The van der Waals surface area contributed by atoms with Gasteiger partial charge in [-0.15, -0.1) is 0 Å². The zero-order valence-electron chi connectivity index (χ0n) is 12.3. The van der Waals surface area contributed by atoms with Crippen molar-refractivity contribution < 1.29 is 14.3 Å². The van der Waals surface area contributed by atoms with Crippen molar-refractivity contribution in [1.29, 1.82) is 0 Å². The monoisotopic (exact) mass is 317 g/mol. The van der Waals surface area contributed by atoms with Crippen LogP contribution in [0.25, 0.3) is 0 Å². The minimum absolute atomic E-state index is 0.0717. The van der Waals surface area contributed by atoms with Crippen LogP contribution in [-0.2, 0) is 9.53 Å². The molecule has 0 spiro atoms. The molecular formula is C17H16ClNO3. The van der Waals surface area contributed by atoms with Crippen LogP contribution in [0.15, 0.2) is 48.5 Å². The quantitative estimate of drug-likeness (QED) is 0.811. The Morgan fingerprint density at radius 3 is 2.32 bits per heavy atom. The van der Waals surface area contributed by atoms with Crippen molar-refractivity contribution in [3.8, 4) is 5.75 Å². The summed E-state index contributed by atoms with van der Waals surface area (Å²) in [7, 11) is 3.15. The van der Waals surface area contributed by atoms with E-state index in [1.165, 1.54) is 7.11 Å². The summed E-state index contributed by atoms with van der Waals surface area (Å²) in [5, 5.41) is 0.626. The molecule has 0 unspecified atom stereocenters. The fourth-order valence-electron chi connectivity index (χ4n) is 2.74. The molecule has 22 heavy (non-hydrogen) atoms. The maximum absolute atomic E-state index is 12.4. The number of amides is 1. The molecule has 0 bridgehead atoms. The lowest BCUT2D eigenvalue weighted by Crippen LogP contribution is -2.60. The number of hydrogen-bond donors (Lipinski definition) is 0. The second-order valence-corrected chi connectivity index (χ2v) is 5.44. The Kier molecular flexibility index (Phi) is 4.05. The van der Waals surface area contributed by atoms with E-state index in [1.54, 1.807) is 12.0 Å². The molecular weight excluding hydrogens is 302 g/mol. The molecule has 2 atom stereocenters. The van der Waals surface area contributed by atoms with E-state index in [-0.39, 0.29) is 11.9 Å². The number of carbonyl (C=O) groups excluding carboxylic acids is 1. The molecule has 3 rings (SSSR count). The molecule has 0 saturated carbocycles. The zero-order valence-corrected chi connectivity index (χ0v) is 13.1. The van der Waals surface area contributed by atoms with Gasteiger partial charge in [-0.25, -0.2) is 0 Å². The molecule has 1 aliphatic heterocycles. The van der Waals surface area contributed by atoms with E-state index in [4.69, 9.17) is 21.1 Å². The van der Waals surface area contributed by atoms with Gasteiger partial charge in [-0.3, -0.25) is 9.69 Å². The standard InChI is InChI=1S/C17H16ClNO3/c1-21-12-9-7-11(8-10-12)19-15(16(22-2)17(19)20)13-5-3-4-6-14(13)18/h3-10,15-16H,1-2H3/t15-,16+/m0/s1. The highest BCUT2D eigenvalue weighted by atomic mass is 35.5. The van der Waals surface area contributed by atoms with Gasteiger partial charge in [0.25, 0.3) is 5.91 Å². The van der Waals surface area contributed by atoms with E-state index in [2.05, 4.69) is 0 Å². The number of methoxy groups -OCH3 is 2. The van der Waals surface area contributed by atoms with Gasteiger partial charge in [0, 0.05) is 17.8 Å². The summed E-state index contributed by atoms with van der Waals surface area (Å²) < 4.78 is 10.5. The number of hydrogen-bond acceptors (Lipinski definition) is 3. The van der Waals surface area contributed by atoms with E-state index in [1.807, 2.05) is 48.5 Å². The van der Waals surface area contributed by atoms with Crippen LogP contribution in [0.5, 0.6) is 5.75 Å². The fourth-order valence-corrected chi connectivity index (χ4v) is 2.99. The molecule has 0 N–H and O–H groups in total. The van der Waals surface area contributed by atoms with Gasteiger partial charge in [-0.1, -0.05) is 29.8 Å². The van der Waals surface area contributed by atoms with Crippen LogP contribution >= 0.6 is 11.6 Å². The van der Waals surface area contributed by atoms with Gasteiger partial charge in [-0.2, -0.15) is 0 Å². The highest BCUT2D eigenvalue weighted by Gasteiger charge is 2.50. The van der Waals surface area contributed by atoms with Crippen LogP contribution in [0.3, 0.4) is 0 Å². The SMILES string of the molecule is COc1ccc(N2C(=O)[C@H](OC)[C@@H]2c2ccccc2Cl)cc1. The average molecular weight is 318 g/mol. The molecule has 2 aromatic carbocycles. The summed E-state index contributed by atoms with van der Waals surface area (Å²) in [5.41, 5.74) is 1.68. The molecule has 1 saturated heterocycles. The Morgan fingerprint density at radius 1 is 1.05 bits per heavy atom. The minimum Gasteiger partial charge on any atom is -0.497 e. The molecule has 2 aromatic rings. The first kappa shape index (κ1) is 14.9. The van der Waals surface area contributed by atoms with Gasteiger partial charge in [0.05, 0.1) is 13.2 Å². The summed E-state index contributed by atoms with van der Waals surface area (Å²) in [4.78, 5) is 14.1. The highest BCUT2D eigenvalue weighted by molar-refractivity contribution is 6.31. The Morgan fingerprint density at radius 2 is 1.73 bits per heavy atom. The number of halogens is 1. The van der Waals surface area contributed by atoms with Gasteiger partial charge in [0.15, 0.2) is 6.10 Å². The Balaban J connectivity index is 1.98. The van der Waals surface area contributed by atoms with Crippen molar-refractivity contribution in [3.05, 3.63) is 59.1 Å². The maximum Gasteiger partial charge on any atom is 0.259 e. The third-order valence-electron chi connectivity index (χ3n) is 3.87. The number of ether oxygens (including phenoxy) is 2. The number of β-lactam (4-membered cyclic amide) rings is 1. The lowest BCUT2D eigenvalue weighted by atomic mass is 9.89. The van der Waals surface area contributed by atoms with Crippen LogP contribution in [-0.4, -0.2) is 26.2 Å². The first-order valence-corrected chi connectivity index (χ1v) is 7.29. The first-order valence-electron chi connectivity index (χ1n) is 6.91. The lowest BCUT2D eigenvalue weighted by Gasteiger charge is -2.46. The van der Waals surface area contributed by atoms with Crippen molar-refractivity contribution in [3.63, 3.8) is 0 Å². The van der Waals surface area contributed by atoms with Gasteiger partial charge < -0.3 is 9.47 Å². The van der Waals surface area contributed by atoms with Crippen molar-refractivity contribution in [2.45, 2.75) is 12.1 Å². The Hall–Kier alpha value is -2.04. The number of carbonyl (C=O) groups is 1. The van der Waals surface area contributed by atoms with Crippen molar-refractivity contribution in [2.24, 2.45) is 0 Å². The van der Waals surface area contributed by atoms with Crippen LogP contribution < -0.4 is 9.64 Å². The smallest absolute Gasteiger partial charge is 0.259 e. The van der Waals surface area contributed by atoms with Crippen LogP contribution in [0.2, 0.25) is 5.02 Å². The van der Waals surface area contributed by atoms with E-state index >= 15 is 0 Å². The zero-order chi connectivity index (χ0) is 15.7. The highest BCUT2D eigenvalue weighted by Crippen LogP contribution is 2.43. The summed E-state index contributed by atoms with van der Waals surface area (Å²) in [6, 6.07) is 14.6. The van der Waals surface area contributed by atoms with Crippen LogP contribution in [0.1, 0.15) is 11.6 Å².